The molecule has 4 nitrogen and oxygen atoms in total. The molecule has 0 radical (unpaired) electrons. The highest BCUT2D eigenvalue weighted by atomic mass is 16.4. The fourth-order valence-corrected chi connectivity index (χ4v) is 1.83. The molecule has 1 aliphatic carbocycles. The van der Waals surface area contributed by atoms with Gasteiger partial charge in [0.05, 0.1) is 6.07 Å². The van der Waals surface area contributed by atoms with Crippen molar-refractivity contribution in [2.45, 2.75) is 31.6 Å². The predicted octanol–water partition coefficient (Wildman–Crippen LogP) is 1.87. The summed E-state index contributed by atoms with van der Waals surface area (Å²) in [5.74, 6) is 1.35. The molecule has 0 aromatic carbocycles. The molecule has 1 aromatic rings. The van der Waals surface area contributed by atoms with Crippen molar-refractivity contribution in [3.63, 3.8) is 0 Å². The van der Waals surface area contributed by atoms with Crippen molar-refractivity contribution in [1.82, 2.24) is 10.2 Å². The molecular formula is C9H11N3O. The maximum Gasteiger partial charge on any atom is 0.219 e. The lowest BCUT2D eigenvalue weighted by Crippen LogP contribution is -2.12. The van der Waals surface area contributed by atoms with Crippen molar-refractivity contribution in [2.24, 2.45) is 5.92 Å². The fraction of sp³-hybridized carbons (Fsp3) is 0.667. The molecule has 68 valence electrons. The van der Waals surface area contributed by atoms with Gasteiger partial charge in [-0.2, -0.15) is 5.26 Å². The SMILES string of the molecule is N#CC1CCC(c2nnco2)CC1. The van der Waals surface area contributed by atoms with Gasteiger partial charge >= 0.3 is 0 Å². The maximum atomic E-state index is 8.71. The highest BCUT2D eigenvalue weighted by molar-refractivity contribution is 4.96. The van der Waals surface area contributed by atoms with Crippen LogP contribution < -0.4 is 0 Å². The first kappa shape index (κ1) is 8.24. The molecule has 0 aliphatic heterocycles. The average Bonchev–Trinajstić information content (AvgIpc) is 2.71. The number of nitrogens with zero attached hydrogens (tertiary/aromatic N) is 3. The Kier molecular flexibility index (Phi) is 2.26. The topological polar surface area (TPSA) is 62.7 Å². The van der Waals surface area contributed by atoms with E-state index in [0.717, 1.165) is 31.6 Å². The first-order valence-electron chi connectivity index (χ1n) is 4.56. The van der Waals surface area contributed by atoms with E-state index >= 15 is 0 Å². The molecule has 1 heterocycles. The van der Waals surface area contributed by atoms with Gasteiger partial charge in [0.1, 0.15) is 0 Å². The molecule has 1 saturated carbocycles. The van der Waals surface area contributed by atoms with Crippen LogP contribution in [0.3, 0.4) is 0 Å². The van der Waals surface area contributed by atoms with E-state index in [-0.39, 0.29) is 5.92 Å². The van der Waals surface area contributed by atoms with Gasteiger partial charge in [0.2, 0.25) is 12.3 Å². The first-order valence-corrected chi connectivity index (χ1v) is 4.56. The molecule has 0 N–H and O–H groups in total. The number of rotatable bonds is 1. The molecule has 1 fully saturated rings. The third-order valence-electron chi connectivity index (χ3n) is 2.64. The van der Waals surface area contributed by atoms with E-state index < -0.39 is 0 Å². The minimum absolute atomic E-state index is 0.235. The summed E-state index contributed by atoms with van der Waals surface area (Å²) in [5, 5.41) is 16.3. The highest BCUT2D eigenvalue weighted by Crippen LogP contribution is 2.34. The lowest BCUT2D eigenvalue weighted by molar-refractivity contribution is 0.329. The van der Waals surface area contributed by atoms with Crippen LogP contribution in [-0.4, -0.2) is 10.2 Å². The summed E-state index contributed by atoms with van der Waals surface area (Å²) in [7, 11) is 0. The van der Waals surface area contributed by atoms with Gasteiger partial charge in [0.25, 0.3) is 0 Å². The van der Waals surface area contributed by atoms with Crippen molar-refractivity contribution >= 4 is 0 Å². The number of nitriles is 1. The van der Waals surface area contributed by atoms with Crippen LogP contribution in [0.4, 0.5) is 0 Å². The second kappa shape index (κ2) is 3.56. The van der Waals surface area contributed by atoms with Gasteiger partial charge < -0.3 is 4.42 Å². The lowest BCUT2D eigenvalue weighted by atomic mass is 9.83. The Hall–Kier alpha value is -1.37. The van der Waals surface area contributed by atoms with Gasteiger partial charge in [-0.05, 0) is 25.7 Å². The zero-order valence-corrected chi connectivity index (χ0v) is 7.31. The third-order valence-corrected chi connectivity index (χ3v) is 2.64. The quantitative estimate of drug-likeness (QED) is 0.656. The predicted molar refractivity (Wildman–Crippen MR) is 44.6 cm³/mol. The second-order valence-corrected chi connectivity index (χ2v) is 3.45. The van der Waals surface area contributed by atoms with Crippen LogP contribution in [0.15, 0.2) is 10.8 Å². The standard InChI is InChI=1S/C9H11N3O/c10-5-7-1-3-8(4-2-7)9-12-11-6-13-9/h6-8H,1-4H2. The van der Waals surface area contributed by atoms with Gasteiger partial charge in [-0.1, -0.05) is 0 Å². The van der Waals surface area contributed by atoms with Crippen LogP contribution in [0, 0.1) is 17.2 Å². The van der Waals surface area contributed by atoms with Gasteiger partial charge in [-0.3, -0.25) is 0 Å². The Morgan fingerprint density at radius 2 is 2.15 bits per heavy atom. The van der Waals surface area contributed by atoms with E-state index in [1.165, 1.54) is 6.39 Å². The number of hydrogen-bond acceptors (Lipinski definition) is 4. The van der Waals surface area contributed by atoms with Gasteiger partial charge in [0, 0.05) is 11.8 Å². The van der Waals surface area contributed by atoms with Crippen LogP contribution in [0.2, 0.25) is 0 Å². The van der Waals surface area contributed by atoms with Gasteiger partial charge in [-0.15, -0.1) is 10.2 Å². The maximum absolute atomic E-state index is 8.71. The molecular weight excluding hydrogens is 166 g/mol. The zero-order valence-electron chi connectivity index (χ0n) is 7.31. The van der Waals surface area contributed by atoms with E-state index in [0.29, 0.717) is 5.92 Å². The van der Waals surface area contributed by atoms with E-state index in [4.69, 9.17) is 9.68 Å². The molecule has 0 saturated heterocycles. The molecule has 0 bridgehead atoms. The Morgan fingerprint density at radius 1 is 1.38 bits per heavy atom. The molecule has 0 spiro atoms. The van der Waals surface area contributed by atoms with E-state index in [1.807, 2.05) is 0 Å². The minimum atomic E-state index is 0.235. The second-order valence-electron chi connectivity index (χ2n) is 3.45. The summed E-state index contributed by atoms with van der Waals surface area (Å²) < 4.78 is 5.14. The summed E-state index contributed by atoms with van der Waals surface area (Å²) in [6, 6.07) is 2.30. The van der Waals surface area contributed by atoms with Crippen LogP contribution in [-0.2, 0) is 0 Å². The minimum Gasteiger partial charge on any atom is -0.428 e. The largest absolute Gasteiger partial charge is 0.428 e. The molecule has 13 heavy (non-hydrogen) atoms. The van der Waals surface area contributed by atoms with E-state index in [1.54, 1.807) is 0 Å². The van der Waals surface area contributed by atoms with Gasteiger partial charge in [-0.25, -0.2) is 0 Å². The lowest BCUT2D eigenvalue weighted by Gasteiger charge is -2.21. The zero-order chi connectivity index (χ0) is 9.10. The molecule has 1 aliphatic rings. The number of aromatic nitrogens is 2. The fourth-order valence-electron chi connectivity index (χ4n) is 1.83. The molecule has 0 unspecified atom stereocenters. The van der Waals surface area contributed by atoms with E-state index in [9.17, 15) is 0 Å². The summed E-state index contributed by atoms with van der Waals surface area (Å²) in [4.78, 5) is 0. The van der Waals surface area contributed by atoms with Crippen molar-refractivity contribution in [3.05, 3.63) is 12.3 Å². The Labute approximate surface area is 76.6 Å². The monoisotopic (exact) mass is 177 g/mol. The van der Waals surface area contributed by atoms with Gasteiger partial charge in [0.15, 0.2) is 0 Å². The third kappa shape index (κ3) is 1.69. The molecule has 0 amide bonds. The van der Waals surface area contributed by atoms with Crippen LogP contribution >= 0.6 is 0 Å². The van der Waals surface area contributed by atoms with Crippen molar-refractivity contribution in [1.29, 1.82) is 5.26 Å². The van der Waals surface area contributed by atoms with Crippen molar-refractivity contribution < 1.29 is 4.42 Å². The van der Waals surface area contributed by atoms with Crippen LogP contribution in [0.5, 0.6) is 0 Å². The molecule has 1 aromatic heterocycles. The van der Waals surface area contributed by atoms with E-state index in [2.05, 4.69) is 16.3 Å². The Morgan fingerprint density at radius 3 is 2.69 bits per heavy atom. The normalized spacial score (nSPS) is 28.2. The van der Waals surface area contributed by atoms with Crippen molar-refractivity contribution in [2.75, 3.05) is 0 Å². The smallest absolute Gasteiger partial charge is 0.219 e. The Bertz CT molecular complexity index is 293. The Balaban J connectivity index is 1.96. The average molecular weight is 177 g/mol. The first-order chi connectivity index (χ1) is 6.40. The van der Waals surface area contributed by atoms with Crippen molar-refractivity contribution in [3.8, 4) is 6.07 Å². The van der Waals surface area contributed by atoms with Crippen LogP contribution in [0.25, 0.3) is 0 Å². The highest BCUT2D eigenvalue weighted by Gasteiger charge is 2.24. The summed E-state index contributed by atoms with van der Waals surface area (Å²) in [6.45, 7) is 0. The van der Waals surface area contributed by atoms with Crippen LogP contribution in [0.1, 0.15) is 37.5 Å². The molecule has 4 heteroatoms. The number of hydrogen-bond donors (Lipinski definition) is 0. The summed E-state index contributed by atoms with van der Waals surface area (Å²) in [6.07, 6.45) is 5.29. The molecule has 0 atom stereocenters. The molecule has 2 rings (SSSR count). The summed E-state index contributed by atoms with van der Waals surface area (Å²) >= 11 is 0. The summed E-state index contributed by atoms with van der Waals surface area (Å²) in [5.41, 5.74) is 0.